The van der Waals surface area contributed by atoms with E-state index in [0.717, 1.165) is 5.92 Å². The van der Waals surface area contributed by atoms with Gasteiger partial charge < -0.3 is 5.32 Å². The van der Waals surface area contributed by atoms with Gasteiger partial charge in [0.1, 0.15) is 0 Å². The number of nitrogens with one attached hydrogen (secondary N) is 1. The fourth-order valence-corrected chi connectivity index (χ4v) is 2.95. The highest BCUT2D eigenvalue weighted by Crippen LogP contribution is 2.49. The van der Waals surface area contributed by atoms with Crippen molar-refractivity contribution in [1.29, 1.82) is 0 Å². The highest BCUT2D eigenvalue weighted by molar-refractivity contribution is 9.10. The van der Waals surface area contributed by atoms with Gasteiger partial charge in [-0.3, -0.25) is 0 Å². The zero-order chi connectivity index (χ0) is 9.60. The zero-order valence-corrected chi connectivity index (χ0v) is 9.68. The lowest BCUT2D eigenvalue weighted by molar-refractivity contribution is 0.0766. The van der Waals surface area contributed by atoms with E-state index in [1.165, 1.54) is 35.8 Å². The van der Waals surface area contributed by atoms with Crippen molar-refractivity contribution in [2.24, 2.45) is 0 Å². The summed E-state index contributed by atoms with van der Waals surface area (Å²) >= 11 is 3.47. The van der Waals surface area contributed by atoms with Gasteiger partial charge in [0.25, 0.3) is 0 Å². The van der Waals surface area contributed by atoms with E-state index < -0.39 is 0 Å². The van der Waals surface area contributed by atoms with Crippen LogP contribution in [0, 0.1) is 0 Å². The van der Waals surface area contributed by atoms with E-state index in [-0.39, 0.29) is 0 Å². The van der Waals surface area contributed by atoms with E-state index in [0.29, 0.717) is 5.54 Å². The van der Waals surface area contributed by atoms with Crippen molar-refractivity contribution in [3.8, 4) is 0 Å². The van der Waals surface area contributed by atoms with Gasteiger partial charge in [-0.25, -0.2) is 0 Å². The molecule has 2 fully saturated rings. The molecule has 2 aliphatic rings. The molecular weight excluding hydrogens is 238 g/mol. The molecule has 0 unspecified atom stereocenters. The Kier molecular flexibility index (Phi) is 1.96. The van der Waals surface area contributed by atoms with Crippen molar-refractivity contribution in [2.45, 2.75) is 30.7 Å². The third kappa shape index (κ3) is 1.32. The summed E-state index contributed by atoms with van der Waals surface area (Å²) in [7, 11) is 0. The molecule has 2 heteroatoms. The maximum absolute atomic E-state index is 3.56. The number of hydrogen-bond acceptors (Lipinski definition) is 1. The fraction of sp³-hybridized carbons (Fsp3) is 0.500. The van der Waals surface area contributed by atoms with E-state index in [1.807, 2.05) is 0 Å². The van der Waals surface area contributed by atoms with Gasteiger partial charge in [-0.2, -0.15) is 0 Å². The summed E-state index contributed by atoms with van der Waals surface area (Å²) in [5.41, 5.74) is 2.06. The lowest BCUT2D eigenvalue weighted by Crippen LogP contribution is -2.63. The van der Waals surface area contributed by atoms with Crippen molar-refractivity contribution >= 4 is 15.9 Å². The molecule has 14 heavy (non-hydrogen) atoms. The molecule has 1 aliphatic carbocycles. The highest BCUT2D eigenvalue weighted by Gasteiger charge is 2.48. The van der Waals surface area contributed by atoms with Crippen LogP contribution in [0.4, 0.5) is 0 Å². The molecule has 1 spiro atoms. The minimum absolute atomic E-state index is 0.553. The molecule has 0 atom stereocenters. The third-order valence-electron chi connectivity index (χ3n) is 3.72. The summed E-state index contributed by atoms with van der Waals surface area (Å²) in [6, 6.07) is 8.80. The van der Waals surface area contributed by atoms with Crippen LogP contribution in [0.15, 0.2) is 28.7 Å². The molecule has 1 N–H and O–H groups in total. The van der Waals surface area contributed by atoms with Crippen LogP contribution < -0.4 is 5.32 Å². The minimum atomic E-state index is 0.553. The molecule has 1 saturated heterocycles. The molecule has 1 nitrogen and oxygen atoms in total. The van der Waals surface area contributed by atoms with Gasteiger partial charge in [-0.05, 0) is 49.4 Å². The SMILES string of the molecule is Brc1ccc(C2CC3(CCN3)C2)cc1. The highest BCUT2D eigenvalue weighted by atomic mass is 79.9. The summed E-state index contributed by atoms with van der Waals surface area (Å²) < 4.78 is 1.18. The average Bonchev–Trinajstić information content (AvgIpc) is 2.03. The number of hydrogen-bond donors (Lipinski definition) is 1. The second-order valence-electron chi connectivity index (χ2n) is 4.61. The summed E-state index contributed by atoms with van der Waals surface area (Å²) in [5, 5.41) is 3.56. The first-order valence-electron chi connectivity index (χ1n) is 5.28. The van der Waals surface area contributed by atoms with E-state index in [9.17, 15) is 0 Å². The van der Waals surface area contributed by atoms with Crippen molar-refractivity contribution < 1.29 is 0 Å². The average molecular weight is 252 g/mol. The van der Waals surface area contributed by atoms with Crippen LogP contribution in [0.1, 0.15) is 30.7 Å². The van der Waals surface area contributed by atoms with Gasteiger partial charge in [-0.15, -0.1) is 0 Å². The Bertz CT molecular complexity index is 332. The molecule has 1 aromatic carbocycles. The summed E-state index contributed by atoms with van der Waals surface area (Å²) in [4.78, 5) is 0. The molecular formula is C12H14BrN. The molecule has 1 aromatic rings. The quantitative estimate of drug-likeness (QED) is 0.810. The maximum Gasteiger partial charge on any atom is 0.0205 e. The summed E-state index contributed by atoms with van der Waals surface area (Å²) in [6.45, 7) is 1.23. The van der Waals surface area contributed by atoms with Gasteiger partial charge >= 0.3 is 0 Å². The van der Waals surface area contributed by atoms with Crippen LogP contribution in [0.2, 0.25) is 0 Å². The molecule has 0 radical (unpaired) electrons. The van der Waals surface area contributed by atoms with Gasteiger partial charge in [0.05, 0.1) is 0 Å². The lowest BCUT2D eigenvalue weighted by atomic mass is 9.61. The second-order valence-corrected chi connectivity index (χ2v) is 5.53. The Morgan fingerprint density at radius 2 is 1.86 bits per heavy atom. The fourth-order valence-electron chi connectivity index (χ4n) is 2.68. The second kappa shape index (κ2) is 3.07. The first-order chi connectivity index (χ1) is 6.77. The van der Waals surface area contributed by atoms with Crippen molar-refractivity contribution in [3.05, 3.63) is 34.3 Å². The van der Waals surface area contributed by atoms with Crippen LogP contribution in [0.5, 0.6) is 0 Å². The number of rotatable bonds is 1. The Morgan fingerprint density at radius 1 is 1.21 bits per heavy atom. The van der Waals surface area contributed by atoms with Crippen molar-refractivity contribution in [3.63, 3.8) is 0 Å². The molecule has 0 amide bonds. The predicted molar refractivity (Wildman–Crippen MR) is 61.5 cm³/mol. The molecule has 0 bridgehead atoms. The molecule has 0 aromatic heterocycles. The van der Waals surface area contributed by atoms with E-state index in [4.69, 9.17) is 0 Å². The lowest BCUT2D eigenvalue weighted by Gasteiger charge is -2.55. The van der Waals surface area contributed by atoms with Gasteiger partial charge in [-0.1, -0.05) is 28.1 Å². The molecule has 1 aliphatic heterocycles. The van der Waals surface area contributed by atoms with Gasteiger partial charge in [0.2, 0.25) is 0 Å². The summed E-state index contributed by atoms with van der Waals surface area (Å²) in [6.07, 6.45) is 4.07. The largest absolute Gasteiger partial charge is 0.311 e. The van der Waals surface area contributed by atoms with Crippen LogP contribution in [-0.2, 0) is 0 Å². The predicted octanol–water partition coefficient (Wildman–Crippen LogP) is 3.06. The van der Waals surface area contributed by atoms with E-state index >= 15 is 0 Å². The molecule has 74 valence electrons. The molecule has 1 saturated carbocycles. The van der Waals surface area contributed by atoms with Crippen LogP contribution >= 0.6 is 15.9 Å². The number of halogens is 1. The van der Waals surface area contributed by atoms with Crippen molar-refractivity contribution in [1.82, 2.24) is 5.32 Å². The standard InChI is InChI=1S/C12H14BrN/c13-11-3-1-9(2-4-11)10-7-12(8-10)5-6-14-12/h1-4,10,14H,5-8H2. The number of benzene rings is 1. The monoisotopic (exact) mass is 251 g/mol. The Balaban J connectivity index is 1.70. The Morgan fingerprint density at radius 3 is 2.36 bits per heavy atom. The van der Waals surface area contributed by atoms with Crippen LogP contribution in [0.3, 0.4) is 0 Å². The van der Waals surface area contributed by atoms with E-state index in [2.05, 4.69) is 45.5 Å². The first-order valence-corrected chi connectivity index (χ1v) is 6.07. The Hall–Kier alpha value is -0.340. The van der Waals surface area contributed by atoms with Gasteiger partial charge in [0, 0.05) is 10.0 Å². The molecule has 1 heterocycles. The zero-order valence-electron chi connectivity index (χ0n) is 8.09. The normalized spacial score (nSPS) is 35.1. The first kappa shape index (κ1) is 8.93. The minimum Gasteiger partial charge on any atom is -0.311 e. The van der Waals surface area contributed by atoms with Gasteiger partial charge in [0.15, 0.2) is 0 Å². The summed E-state index contributed by atoms with van der Waals surface area (Å²) in [5.74, 6) is 0.802. The van der Waals surface area contributed by atoms with E-state index in [1.54, 1.807) is 0 Å². The smallest absolute Gasteiger partial charge is 0.0205 e. The van der Waals surface area contributed by atoms with Crippen LogP contribution in [0.25, 0.3) is 0 Å². The van der Waals surface area contributed by atoms with Crippen LogP contribution in [-0.4, -0.2) is 12.1 Å². The molecule has 3 rings (SSSR count). The topological polar surface area (TPSA) is 12.0 Å². The van der Waals surface area contributed by atoms with Crippen molar-refractivity contribution in [2.75, 3.05) is 6.54 Å². The Labute approximate surface area is 93.0 Å². The maximum atomic E-state index is 3.56. The third-order valence-corrected chi connectivity index (χ3v) is 4.25.